The molecule has 0 aliphatic heterocycles. The van der Waals surface area contributed by atoms with Crippen molar-refractivity contribution in [3.8, 4) is 0 Å². The second kappa shape index (κ2) is 5.88. The van der Waals surface area contributed by atoms with Crippen LogP contribution in [0, 0.1) is 12.3 Å². The summed E-state index contributed by atoms with van der Waals surface area (Å²) in [4.78, 5) is 0. The first-order chi connectivity index (χ1) is 8.55. The molecule has 1 fully saturated rings. The highest BCUT2D eigenvalue weighted by Crippen LogP contribution is 2.34. The topological polar surface area (TPSA) is 12.0 Å². The zero-order valence-corrected chi connectivity index (χ0v) is 12.1. The molecule has 18 heavy (non-hydrogen) atoms. The molecule has 1 aliphatic carbocycles. The van der Waals surface area contributed by atoms with Gasteiger partial charge in [-0.05, 0) is 56.6 Å². The molecule has 100 valence electrons. The highest BCUT2D eigenvalue weighted by atomic mass is 14.9. The first-order valence-corrected chi connectivity index (χ1v) is 7.34. The first-order valence-electron chi connectivity index (χ1n) is 7.34. The van der Waals surface area contributed by atoms with Gasteiger partial charge in [0.05, 0.1) is 0 Å². The molecule has 1 aromatic carbocycles. The molecule has 1 saturated carbocycles. The Kier molecular flexibility index (Phi) is 4.45. The van der Waals surface area contributed by atoms with E-state index in [4.69, 9.17) is 0 Å². The van der Waals surface area contributed by atoms with Crippen LogP contribution in [0.4, 0.5) is 0 Å². The SMILES string of the molecule is Cc1cccc(CCNC2CCC(C)(C)CC2)c1. The number of hydrogen-bond donors (Lipinski definition) is 1. The van der Waals surface area contributed by atoms with Crippen molar-refractivity contribution in [2.45, 2.75) is 58.9 Å². The second-order valence-electron chi connectivity index (χ2n) is 6.63. The molecule has 1 N–H and O–H groups in total. The predicted octanol–water partition coefficient (Wildman–Crippen LogP) is 4.10. The molecule has 2 rings (SSSR count). The molecule has 0 atom stereocenters. The summed E-state index contributed by atoms with van der Waals surface area (Å²) in [5.74, 6) is 0. The zero-order chi connectivity index (χ0) is 13.0. The first kappa shape index (κ1) is 13.6. The normalized spacial score (nSPS) is 19.9. The van der Waals surface area contributed by atoms with Crippen LogP contribution in [0.25, 0.3) is 0 Å². The third-order valence-corrected chi connectivity index (χ3v) is 4.27. The van der Waals surface area contributed by atoms with Gasteiger partial charge < -0.3 is 5.32 Å². The maximum Gasteiger partial charge on any atom is 0.00675 e. The van der Waals surface area contributed by atoms with Crippen molar-refractivity contribution in [3.05, 3.63) is 35.4 Å². The molecular weight excluding hydrogens is 218 g/mol. The van der Waals surface area contributed by atoms with Gasteiger partial charge in [-0.15, -0.1) is 0 Å². The summed E-state index contributed by atoms with van der Waals surface area (Å²) < 4.78 is 0. The van der Waals surface area contributed by atoms with Gasteiger partial charge in [0.25, 0.3) is 0 Å². The van der Waals surface area contributed by atoms with Gasteiger partial charge in [-0.1, -0.05) is 43.7 Å². The average Bonchev–Trinajstić information content (AvgIpc) is 2.31. The van der Waals surface area contributed by atoms with E-state index in [1.165, 1.54) is 36.8 Å². The number of aryl methyl sites for hydroxylation is 1. The molecule has 0 saturated heterocycles. The van der Waals surface area contributed by atoms with E-state index in [-0.39, 0.29) is 0 Å². The smallest absolute Gasteiger partial charge is 0.00675 e. The summed E-state index contributed by atoms with van der Waals surface area (Å²) >= 11 is 0. The van der Waals surface area contributed by atoms with Gasteiger partial charge in [-0.3, -0.25) is 0 Å². The molecule has 0 radical (unpaired) electrons. The highest BCUT2D eigenvalue weighted by Gasteiger charge is 2.26. The van der Waals surface area contributed by atoms with Crippen molar-refractivity contribution in [2.24, 2.45) is 5.41 Å². The van der Waals surface area contributed by atoms with E-state index < -0.39 is 0 Å². The quantitative estimate of drug-likeness (QED) is 0.842. The lowest BCUT2D eigenvalue weighted by atomic mass is 9.75. The largest absolute Gasteiger partial charge is 0.314 e. The molecule has 0 aromatic heterocycles. The molecule has 0 heterocycles. The van der Waals surface area contributed by atoms with Gasteiger partial charge in [0.1, 0.15) is 0 Å². The summed E-state index contributed by atoms with van der Waals surface area (Å²) in [6, 6.07) is 9.61. The Labute approximate surface area is 112 Å². The number of nitrogens with one attached hydrogen (secondary N) is 1. The standard InChI is InChI=1S/C17H27N/c1-14-5-4-6-15(13-14)9-12-18-16-7-10-17(2,3)11-8-16/h4-6,13,16,18H,7-12H2,1-3H3. The Morgan fingerprint density at radius 1 is 1.22 bits per heavy atom. The maximum absolute atomic E-state index is 3.73. The van der Waals surface area contributed by atoms with Gasteiger partial charge in [0.2, 0.25) is 0 Å². The van der Waals surface area contributed by atoms with Crippen LogP contribution in [-0.4, -0.2) is 12.6 Å². The molecule has 1 heteroatoms. The molecule has 1 aliphatic rings. The van der Waals surface area contributed by atoms with Crippen molar-refractivity contribution in [1.82, 2.24) is 5.32 Å². The highest BCUT2D eigenvalue weighted by molar-refractivity contribution is 5.22. The molecule has 1 nitrogen and oxygen atoms in total. The lowest BCUT2D eigenvalue weighted by Crippen LogP contribution is -2.36. The summed E-state index contributed by atoms with van der Waals surface area (Å²) in [5.41, 5.74) is 3.40. The monoisotopic (exact) mass is 245 g/mol. The minimum Gasteiger partial charge on any atom is -0.314 e. The molecule has 0 bridgehead atoms. The van der Waals surface area contributed by atoms with Crippen LogP contribution < -0.4 is 5.32 Å². The molecule has 0 amide bonds. The van der Waals surface area contributed by atoms with Crippen LogP contribution in [0.3, 0.4) is 0 Å². The van der Waals surface area contributed by atoms with E-state index >= 15 is 0 Å². The van der Waals surface area contributed by atoms with Crippen LogP contribution in [0.5, 0.6) is 0 Å². The third-order valence-electron chi connectivity index (χ3n) is 4.27. The van der Waals surface area contributed by atoms with Crippen molar-refractivity contribution >= 4 is 0 Å². The van der Waals surface area contributed by atoms with Gasteiger partial charge in [0.15, 0.2) is 0 Å². The number of hydrogen-bond acceptors (Lipinski definition) is 1. The fourth-order valence-electron chi connectivity index (χ4n) is 2.89. The molecule has 0 spiro atoms. The summed E-state index contributed by atoms with van der Waals surface area (Å²) in [6.07, 6.45) is 6.59. The minimum atomic E-state index is 0.578. The summed E-state index contributed by atoms with van der Waals surface area (Å²) in [5, 5.41) is 3.73. The van der Waals surface area contributed by atoms with Crippen molar-refractivity contribution in [2.75, 3.05) is 6.54 Å². The molecule has 0 unspecified atom stereocenters. The Hall–Kier alpha value is -0.820. The van der Waals surface area contributed by atoms with Crippen LogP contribution in [0.15, 0.2) is 24.3 Å². The van der Waals surface area contributed by atoms with Gasteiger partial charge in [-0.25, -0.2) is 0 Å². The lowest BCUT2D eigenvalue weighted by Gasteiger charge is -2.34. The van der Waals surface area contributed by atoms with Crippen molar-refractivity contribution in [1.29, 1.82) is 0 Å². The van der Waals surface area contributed by atoms with Crippen molar-refractivity contribution < 1.29 is 0 Å². The summed E-state index contributed by atoms with van der Waals surface area (Å²) in [7, 11) is 0. The average molecular weight is 245 g/mol. The summed E-state index contributed by atoms with van der Waals surface area (Å²) in [6.45, 7) is 8.08. The Bertz CT molecular complexity index is 371. The van der Waals surface area contributed by atoms with E-state index in [1.807, 2.05) is 0 Å². The van der Waals surface area contributed by atoms with E-state index in [0.717, 1.165) is 19.0 Å². The van der Waals surface area contributed by atoms with E-state index in [9.17, 15) is 0 Å². The number of benzene rings is 1. The van der Waals surface area contributed by atoms with Crippen LogP contribution >= 0.6 is 0 Å². The van der Waals surface area contributed by atoms with Gasteiger partial charge in [0, 0.05) is 6.04 Å². The maximum atomic E-state index is 3.73. The van der Waals surface area contributed by atoms with Crippen LogP contribution in [0.1, 0.15) is 50.7 Å². The zero-order valence-electron chi connectivity index (χ0n) is 12.1. The Balaban J connectivity index is 1.70. The second-order valence-corrected chi connectivity index (χ2v) is 6.63. The van der Waals surface area contributed by atoms with Crippen LogP contribution in [-0.2, 0) is 6.42 Å². The molecule has 1 aromatic rings. The lowest BCUT2D eigenvalue weighted by molar-refractivity contribution is 0.207. The van der Waals surface area contributed by atoms with E-state index in [0.29, 0.717) is 5.41 Å². The number of rotatable bonds is 4. The Morgan fingerprint density at radius 2 is 1.94 bits per heavy atom. The Morgan fingerprint density at radius 3 is 2.61 bits per heavy atom. The van der Waals surface area contributed by atoms with E-state index in [1.54, 1.807) is 0 Å². The third kappa shape index (κ3) is 4.13. The molecular formula is C17H27N. The van der Waals surface area contributed by atoms with E-state index in [2.05, 4.69) is 50.4 Å². The minimum absolute atomic E-state index is 0.578. The van der Waals surface area contributed by atoms with Gasteiger partial charge >= 0.3 is 0 Å². The fraction of sp³-hybridized carbons (Fsp3) is 0.647. The predicted molar refractivity (Wildman–Crippen MR) is 78.9 cm³/mol. The van der Waals surface area contributed by atoms with Gasteiger partial charge in [-0.2, -0.15) is 0 Å². The fourth-order valence-corrected chi connectivity index (χ4v) is 2.89. The van der Waals surface area contributed by atoms with Crippen molar-refractivity contribution in [3.63, 3.8) is 0 Å². The van der Waals surface area contributed by atoms with Crippen LogP contribution in [0.2, 0.25) is 0 Å².